The highest BCUT2D eigenvalue weighted by molar-refractivity contribution is 6.01. The molecule has 0 heterocycles. The van der Waals surface area contributed by atoms with E-state index < -0.39 is 40.6 Å². The van der Waals surface area contributed by atoms with Crippen molar-refractivity contribution < 1.29 is 28.6 Å². The van der Waals surface area contributed by atoms with Gasteiger partial charge >= 0.3 is 5.97 Å². The molecule has 7 atom stereocenters. The maximum absolute atomic E-state index is 17.1. The third-order valence-corrected chi connectivity index (χ3v) is 7.66. The molecule has 146 valence electrons. The first-order valence-electron chi connectivity index (χ1n) is 9.57. The number of aliphatic hydroxyl groups is 1. The number of carbonyl (C=O) groups is 3. The average Bonchev–Trinajstić information content (AvgIpc) is 2.80. The van der Waals surface area contributed by atoms with Crippen LogP contribution in [0.1, 0.15) is 46.5 Å². The van der Waals surface area contributed by atoms with Gasteiger partial charge < -0.3 is 9.84 Å². The van der Waals surface area contributed by atoms with Crippen molar-refractivity contribution in [2.75, 3.05) is 0 Å². The van der Waals surface area contributed by atoms with Crippen molar-refractivity contribution in [3.05, 3.63) is 23.8 Å². The van der Waals surface area contributed by atoms with Gasteiger partial charge in [-0.05, 0) is 44.3 Å². The molecular formula is C21H25FO5. The Kier molecular flexibility index (Phi) is 3.84. The highest BCUT2D eigenvalue weighted by atomic mass is 19.1. The number of Topliss-reactive ketones (excluding diaryl/α,β-unsaturated/α-hetero) is 1. The van der Waals surface area contributed by atoms with Gasteiger partial charge in [-0.2, -0.15) is 0 Å². The zero-order valence-corrected chi connectivity index (χ0v) is 15.8. The Hall–Kier alpha value is -1.82. The number of fused-ring (bicyclic) bond motifs is 5. The Labute approximate surface area is 157 Å². The number of halogens is 1. The van der Waals surface area contributed by atoms with Crippen LogP contribution in [0.4, 0.5) is 4.39 Å². The van der Waals surface area contributed by atoms with E-state index in [0.29, 0.717) is 18.4 Å². The second-order valence-corrected chi connectivity index (χ2v) is 8.96. The van der Waals surface area contributed by atoms with E-state index >= 15 is 4.39 Å². The van der Waals surface area contributed by atoms with E-state index in [-0.39, 0.29) is 30.3 Å². The highest BCUT2D eigenvalue weighted by Gasteiger charge is 2.72. The fourth-order valence-corrected chi connectivity index (χ4v) is 6.30. The van der Waals surface area contributed by atoms with Crippen molar-refractivity contribution in [2.24, 2.45) is 22.7 Å². The predicted molar refractivity (Wildman–Crippen MR) is 94.3 cm³/mol. The number of allylic oxidation sites excluding steroid dienone is 4. The van der Waals surface area contributed by atoms with Crippen LogP contribution >= 0.6 is 0 Å². The molecule has 0 spiro atoms. The lowest BCUT2D eigenvalue weighted by Crippen LogP contribution is -2.67. The quantitative estimate of drug-likeness (QED) is 0.711. The number of ketones is 2. The third-order valence-electron chi connectivity index (χ3n) is 7.66. The fourth-order valence-electron chi connectivity index (χ4n) is 6.30. The molecule has 0 aromatic rings. The Morgan fingerprint density at radius 1 is 1.30 bits per heavy atom. The van der Waals surface area contributed by atoms with Crippen LogP contribution in [-0.2, 0) is 19.1 Å². The summed E-state index contributed by atoms with van der Waals surface area (Å²) in [6.07, 6.45) is 3.54. The first-order valence-corrected chi connectivity index (χ1v) is 9.57. The zero-order valence-electron chi connectivity index (χ0n) is 15.8. The van der Waals surface area contributed by atoms with Gasteiger partial charge in [0.1, 0.15) is 12.2 Å². The minimum absolute atomic E-state index is 0.0464. The number of rotatable bonds is 1. The number of hydrogen-bond acceptors (Lipinski definition) is 5. The second kappa shape index (κ2) is 5.60. The highest BCUT2D eigenvalue weighted by Crippen LogP contribution is 2.67. The number of hydrogen-bond donors (Lipinski definition) is 1. The summed E-state index contributed by atoms with van der Waals surface area (Å²) in [5, 5.41) is 10.2. The number of ether oxygens (including phenoxy) is 1. The molecule has 0 radical (unpaired) electrons. The van der Waals surface area contributed by atoms with E-state index in [1.807, 2.05) is 0 Å². The molecule has 3 saturated carbocycles. The van der Waals surface area contributed by atoms with Gasteiger partial charge in [0.2, 0.25) is 0 Å². The van der Waals surface area contributed by atoms with Crippen LogP contribution in [-0.4, -0.2) is 40.5 Å². The molecule has 0 amide bonds. The number of aliphatic hydroxyl groups excluding tert-OH is 1. The molecule has 4 aliphatic carbocycles. The molecule has 0 bridgehead atoms. The maximum Gasteiger partial charge on any atom is 0.303 e. The molecular weight excluding hydrogens is 351 g/mol. The van der Waals surface area contributed by atoms with Gasteiger partial charge in [0.05, 0.1) is 0 Å². The molecule has 0 unspecified atom stereocenters. The van der Waals surface area contributed by atoms with Crippen LogP contribution in [0.5, 0.6) is 0 Å². The molecule has 1 N–H and O–H groups in total. The summed E-state index contributed by atoms with van der Waals surface area (Å²) in [7, 11) is 0. The van der Waals surface area contributed by atoms with E-state index in [9.17, 15) is 19.5 Å². The summed E-state index contributed by atoms with van der Waals surface area (Å²) in [5.41, 5.74) is -3.22. The monoisotopic (exact) mass is 376 g/mol. The Morgan fingerprint density at radius 2 is 2.00 bits per heavy atom. The van der Waals surface area contributed by atoms with E-state index in [1.165, 1.54) is 19.1 Å². The molecule has 0 saturated heterocycles. The summed E-state index contributed by atoms with van der Waals surface area (Å²) in [6.45, 7) is 4.75. The Balaban J connectivity index is 1.88. The summed E-state index contributed by atoms with van der Waals surface area (Å²) in [4.78, 5) is 36.3. The lowest BCUT2D eigenvalue weighted by atomic mass is 9.46. The molecule has 0 aromatic heterocycles. The van der Waals surface area contributed by atoms with Gasteiger partial charge in [0, 0.05) is 30.1 Å². The molecule has 0 aromatic carbocycles. The summed E-state index contributed by atoms with van der Waals surface area (Å²) < 4.78 is 22.5. The number of esters is 1. The lowest BCUT2D eigenvalue weighted by molar-refractivity contribution is -0.208. The smallest absolute Gasteiger partial charge is 0.303 e. The van der Waals surface area contributed by atoms with E-state index in [4.69, 9.17) is 4.74 Å². The Bertz CT molecular complexity index is 800. The zero-order chi connectivity index (χ0) is 19.8. The molecule has 5 nitrogen and oxygen atoms in total. The van der Waals surface area contributed by atoms with E-state index in [1.54, 1.807) is 19.9 Å². The normalized spacial score (nSPS) is 48.4. The van der Waals surface area contributed by atoms with Gasteiger partial charge in [0.15, 0.2) is 17.2 Å². The first kappa shape index (κ1) is 18.5. The molecule has 0 aliphatic heterocycles. The summed E-state index contributed by atoms with van der Waals surface area (Å²) in [5.74, 6) is -1.91. The molecule has 4 rings (SSSR count). The van der Waals surface area contributed by atoms with Crippen LogP contribution in [0.2, 0.25) is 0 Å². The number of alkyl halides is 1. The van der Waals surface area contributed by atoms with E-state index in [2.05, 4.69) is 0 Å². The van der Waals surface area contributed by atoms with Crippen molar-refractivity contribution in [1.82, 2.24) is 0 Å². The second-order valence-electron chi connectivity index (χ2n) is 8.96. The van der Waals surface area contributed by atoms with Gasteiger partial charge in [-0.25, -0.2) is 4.39 Å². The van der Waals surface area contributed by atoms with Crippen LogP contribution in [0, 0.1) is 22.7 Å². The van der Waals surface area contributed by atoms with Crippen LogP contribution in [0.3, 0.4) is 0 Å². The third kappa shape index (κ3) is 2.22. The number of carbonyl (C=O) groups excluding carboxylic acids is 3. The van der Waals surface area contributed by atoms with Gasteiger partial charge in [-0.3, -0.25) is 14.4 Å². The van der Waals surface area contributed by atoms with Crippen molar-refractivity contribution in [3.8, 4) is 0 Å². The van der Waals surface area contributed by atoms with Crippen LogP contribution < -0.4 is 0 Å². The largest absolute Gasteiger partial charge is 0.459 e. The summed E-state index contributed by atoms with van der Waals surface area (Å²) in [6, 6.07) is 0. The van der Waals surface area contributed by atoms with Crippen LogP contribution in [0.15, 0.2) is 23.8 Å². The average molecular weight is 376 g/mol. The summed E-state index contributed by atoms with van der Waals surface area (Å²) >= 11 is 0. The molecule has 6 heteroatoms. The SMILES string of the molecule is CC(=O)O[C@H]1C[C@]2(C)C(=O)[C@H](O)C[C@H]2[C@@H]2CCC3=CC(=O)C=C[C@]3(C)[C@@]12F. The van der Waals surface area contributed by atoms with E-state index in [0.717, 1.165) is 0 Å². The van der Waals surface area contributed by atoms with Gasteiger partial charge in [0.25, 0.3) is 0 Å². The van der Waals surface area contributed by atoms with Crippen LogP contribution in [0.25, 0.3) is 0 Å². The minimum atomic E-state index is -1.94. The fraction of sp³-hybridized carbons (Fsp3) is 0.667. The molecule has 27 heavy (non-hydrogen) atoms. The minimum Gasteiger partial charge on any atom is -0.459 e. The van der Waals surface area contributed by atoms with Crippen molar-refractivity contribution in [1.29, 1.82) is 0 Å². The Morgan fingerprint density at radius 3 is 2.67 bits per heavy atom. The van der Waals surface area contributed by atoms with Gasteiger partial charge in [-0.15, -0.1) is 0 Å². The van der Waals surface area contributed by atoms with Crippen molar-refractivity contribution in [3.63, 3.8) is 0 Å². The van der Waals surface area contributed by atoms with Crippen molar-refractivity contribution in [2.45, 2.75) is 64.3 Å². The maximum atomic E-state index is 17.1. The predicted octanol–water partition coefficient (Wildman–Crippen LogP) is 2.47. The molecule has 4 aliphatic rings. The first-order chi connectivity index (χ1) is 12.5. The van der Waals surface area contributed by atoms with Gasteiger partial charge in [-0.1, -0.05) is 18.6 Å². The van der Waals surface area contributed by atoms with Crippen molar-refractivity contribution >= 4 is 17.5 Å². The topological polar surface area (TPSA) is 80.7 Å². The lowest BCUT2D eigenvalue weighted by Gasteiger charge is -2.61. The standard InChI is InChI=1S/C21H25FO5/c1-11(23)27-17-10-19(2)15(9-16(25)18(19)26)14-5-4-12-8-13(24)6-7-20(12,3)21(14,17)22/h6-8,14-17,25H,4-5,9-10H2,1-3H3/t14-,15-,16+,17-,19-,20-,21-/m0/s1. The molecule has 3 fully saturated rings.